The molecule has 1 aromatic heterocycles. The maximum atomic E-state index is 14.6. The Morgan fingerprint density at radius 2 is 1.72 bits per heavy atom. The Morgan fingerprint density at radius 3 is 2.31 bits per heavy atom. The molecule has 3 aromatic rings. The fraction of sp³-hybridized carbons (Fsp3) is 0.0952. The Bertz CT molecular complexity index is 1360. The SMILES string of the molecule is CS(=O)(=O)Oc1ccc(C2(c3ccc(F)c(-c4cncc(F)c4)c3)N=C(N)NC2=O)cc1. The molecule has 1 unspecified atom stereocenters. The van der Waals surface area contributed by atoms with Crippen LogP contribution in [-0.4, -0.2) is 31.5 Å². The summed E-state index contributed by atoms with van der Waals surface area (Å²) in [4.78, 5) is 21.0. The van der Waals surface area contributed by atoms with Crippen molar-refractivity contribution in [3.8, 4) is 16.9 Å². The summed E-state index contributed by atoms with van der Waals surface area (Å²) in [5, 5.41) is 2.44. The lowest BCUT2D eigenvalue weighted by Crippen LogP contribution is -2.39. The van der Waals surface area contributed by atoms with Gasteiger partial charge in [0, 0.05) is 17.3 Å². The summed E-state index contributed by atoms with van der Waals surface area (Å²) >= 11 is 0. The lowest BCUT2D eigenvalue weighted by atomic mass is 9.82. The van der Waals surface area contributed by atoms with Crippen molar-refractivity contribution in [3.63, 3.8) is 0 Å². The molecule has 0 fully saturated rings. The molecule has 3 N–H and O–H groups in total. The molecule has 0 aliphatic carbocycles. The summed E-state index contributed by atoms with van der Waals surface area (Å²) in [5.41, 5.74) is 4.85. The van der Waals surface area contributed by atoms with E-state index in [9.17, 15) is 22.0 Å². The van der Waals surface area contributed by atoms with Crippen molar-refractivity contribution in [3.05, 3.63) is 83.7 Å². The molecule has 8 nitrogen and oxygen atoms in total. The van der Waals surface area contributed by atoms with Gasteiger partial charge in [-0.2, -0.15) is 8.42 Å². The van der Waals surface area contributed by atoms with E-state index in [4.69, 9.17) is 9.92 Å². The van der Waals surface area contributed by atoms with Gasteiger partial charge in [-0.3, -0.25) is 15.1 Å². The Hall–Kier alpha value is -3.86. The Labute approximate surface area is 181 Å². The van der Waals surface area contributed by atoms with Crippen LogP contribution in [0.3, 0.4) is 0 Å². The predicted octanol–water partition coefficient (Wildman–Crippen LogP) is 2.05. The average molecular weight is 458 g/mol. The summed E-state index contributed by atoms with van der Waals surface area (Å²) in [7, 11) is -3.75. The maximum absolute atomic E-state index is 14.6. The fourth-order valence-electron chi connectivity index (χ4n) is 3.48. The van der Waals surface area contributed by atoms with E-state index in [0.717, 1.165) is 24.6 Å². The van der Waals surface area contributed by atoms with Crippen LogP contribution in [-0.2, 0) is 20.5 Å². The van der Waals surface area contributed by atoms with Gasteiger partial charge < -0.3 is 9.92 Å². The molecule has 1 aliphatic rings. The zero-order valence-electron chi connectivity index (χ0n) is 16.5. The van der Waals surface area contributed by atoms with E-state index in [2.05, 4.69) is 15.3 Å². The highest BCUT2D eigenvalue weighted by atomic mass is 32.2. The first-order chi connectivity index (χ1) is 15.1. The smallest absolute Gasteiger partial charge is 0.306 e. The molecule has 11 heteroatoms. The number of nitrogens with zero attached hydrogens (tertiary/aromatic N) is 2. The van der Waals surface area contributed by atoms with Crippen LogP contribution in [0.2, 0.25) is 0 Å². The van der Waals surface area contributed by atoms with E-state index in [1.807, 2.05) is 0 Å². The van der Waals surface area contributed by atoms with Gasteiger partial charge in [0.25, 0.3) is 5.91 Å². The van der Waals surface area contributed by atoms with Gasteiger partial charge in [0.15, 0.2) is 11.5 Å². The van der Waals surface area contributed by atoms with Crippen molar-refractivity contribution in [2.45, 2.75) is 5.54 Å². The van der Waals surface area contributed by atoms with Crippen LogP contribution in [0.25, 0.3) is 11.1 Å². The van der Waals surface area contributed by atoms with Gasteiger partial charge in [-0.25, -0.2) is 13.8 Å². The average Bonchev–Trinajstić information content (AvgIpc) is 3.02. The Morgan fingerprint density at radius 1 is 1.03 bits per heavy atom. The number of hydrogen-bond donors (Lipinski definition) is 2. The number of carbonyl (C=O) groups excluding carboxylic acids is 1. The van der Waals surface area contributed by atoms with E-state index in [1.54, 1.807) is 0 Å². The molecular weight excluding hydrogens is 442 g/mol. The Kier molecular flexibility index (Phi) is 5.13. The van der Waals surface area contributed by atoms with Crippen LogP contribution >= 0.6 is 0 Å². The van der Waals surface area contributed by atoms with Gasteiger partial charge in [-0.1, -0.05) is 18.2 Å². The van der Waals surface area contributed by atoms with E-state index < -0.39 is 33.2 Å². The van der Waals surface area contributed by atoms with Crippen molar-refractivity contribution >= 4 is 22.0 Å². The van der Waals surface area contributed by atoms with Gasteiger partial charge in [0.1, 0.15) is 17.4 Å². The first-order valence-corrected chi connectivity index (χ1v) is 11.0. The van der Waals surface area contributed by atoms with Crippen LogP contribution < -0.4 is 15.2 Å². The summed E-state index contributed by atoms with van der Waals surface area (Å²) in [6, 6.07) is 10.6. The van der Waals surface area contributed by atoms with E-state index in [1.165, 1.54) is 42.6 Å². The number of hydrogen-bond acceptors (Lipinski definition) is 7. The molecule has 1 atom stereocenters. The van der Waals surface area contributed by atoms with Crippen LogP contribution in [0.4, 0.5) is 8.78 Å². The highest BCUT2D eigenvalue weighted by Gasteiger charge is 2.47. The number of halogens is 2. The second kappa shape index (κ2) is 7.68. The normalized spacial score (nSPS) is 18.2. The van der Waals surface area contributed by atoms with Gasteiger partial charge in [-0.05, 0) is 41.5 Å². The number of aromatic nitrogens is 1. The number of carbonyl (C=O) groups is 1. The first-order valence-electron chi connectivity index (χ1n) is 9.16. The summed E-state index contributed by atoms with van der Waals surface area (Å²) in [5.74, 6) is -2.01. The lowest BCUT2D eigenvalue weighted by Gasteiger charge is -2.25. The minimum atomic E-state index is -3.75. The van der Waals surface area contributed by atoms with Crippen molar-refractivity contribution in [1.82, 2.24) is 10.3 Å². The fourth-order valence-corrected chi connectivity index (χ4v) is 3.94. The summed E-state index contributed by atoms with van der Waals surface area (Å²) in [6.07, 6.45) is 3.18. The molecule has 0 saturated heterocycles. The second-order valence-corrected chi connectivity index (χ2v) is 8.63. The Balaban J connectivity index is 1.87. The minimum Gasteiger partial charge on any atom is -0.383 e. The van der Waals surface area contributed by atoms with E-state index in [0.29, 0.717) is 5.56 Å². The van der Waals surface area contributed by atoms with Crippen molar-refractivity contribution < 1.29 is 26.2 Å². The van der Waals surface area contributed by atoms with E-state index in [-0.39, 0.29) is 28.4 Å². The summed E-state index contributed by atoms with van der Waals surface area (Å²) in [6.45, 7) is 0. The quantitative estimate of drug-likeness (QED) is 0.564. The highest BCUT2D eigenvalue weighted by Crippen LogP contribution is 2.39. The first kappa shape index (κ1) is 21.4. The molecular formula is C21H16F2N4O4S. The number of nitrogens with two attached hydrogens (primary N) is 1. The maximum Gasteiger partial charge on any atom is 0.306 e. The zero-order chi connectivity index (χ0) is 23.1. The minimum absolute atomic E-state index is 0.0133. The largest absolute Gasteiger partial charge is 0.383 e. The predicted molar refractivity (Wildman–Crippen MR) is 112 cm³/mol. The molecule has 1 aliphatic heterocycles. The number of nitrogens with one attached hydrogen (secondary N) is 1. The zero-order valence-corrected chi connectivity index (χ0v) is 17.4. The highest BCUT2D eigenvalue weighted by molar-refractivity contribution is 7.86. The molecule has 4 rings (SSSR count). The van der Waals surface area contributed by atoms with Crippen molar-refractivity contribution in [1.29, 1.82) is 0 Å². The van der Waals surface area contributed by atoms with Crippen LogP contribution in [0.5, 0.6) is 5.75 Å². The number of amides is 1. The standard InChI is InChI=1S/C21H16F2N4O4S/c1-32(29,30)31-16-5-2-13(3-6-16)21(19(28)26-20(24)27-21)14-4-7-18(23)17(9-14)12-8-15(22)11-25-10-12/h2-11H,1H3,(H3,24,26,27,28). The topological polar surface area (TPSA) is 124 Å². The van der Waals surface area contributed by atoms with Gasteiger partial charge in [0.05, 0.1) is 12.5 Å². The number of benzene rings is 2. The molecule has 0 saturated carbocycles. The molecule has 164 valence electrons. The van der Waals surface area contributed by atoms with Crippen molar-refractivity contribution in [2.75, 3.05) is 6.26 Å². The summed E-state index contributed by atoms with van der Waals surface area (Å²) < 4.78 is 55.8. The molecule has 0 bridgehead atoms. The number of pyridine rings is 1. The molecule has 1 amide bonds. The van der Waals surface area contributed by atoms with Gasteiger partial charge >= 0.3 is 10.1 Å². The van der Waals surface area contributed by atoms with E-state index >= 15 is 0 Å². The number of guanidine groups is 1. The molecule has 2 aromatic carbocycles. The number of aliphatic imine (C=N–C) groups is 1. The third-order valence-electron chi connectivity index (χ3n) is 4.78. The number of rotatable bonds is 5. The van der Waals surface area contributed by atoms with Crippen LogP contribution in [0, 0.1) is 11.6 Å². The second-order valence-electron chi connectivity index (χ2n) is 7.06. The molecule has 2 heterocycles. The van der Waals surface area contributed by atoms with Crippen LogP contribution in [0.15, 0.2) is 65.9 Å². The molecule has 32 heavy (non-hydrogen) atoms. The lowest BCUT2D eigenvalue weighted by molar-refractivity contribution is -0.122. The molecule has 0 radical (unpaired) electrons. The van der Waals surface area contributed by atoms with Gasteiger partial charge in [-0.15, -0.1) is 0 Å². The van der Waals surface area contributed by atoms with Crippen LogP contribution in [0.1, 0.15) is 11.1 Å². The van der Waals surface area contributed by atoms with Crippen molar-refractivity contribution in [2.24, 2.45) is 10.7 Å². The molecule has 0 spiro atoms. The van der Waals surface area contributed by atoms with Gasteiger partial charge in [0.2, 0.25) is 0 Å². The monoisotopic (exact) mass is 458 g/mol. The third-order valence-corrected chi connectivity index (χ3v) is 5.27. The third kappa shape index (κ3) is 3.89.